The smallest absolute Gasteiger partial charge is 0.349 e. The average molecular weight is 471 g/mol. The summed E-state index contributed by atoms with van der Waals surface area (Å²) in [5.41, 5.74) is -0.564. The summed E-state index contributed by atoms with van der Waals surface area (Å²) in [6, 6.07) is 3.59. The summed E-state index contributed by atoms with van der Waals surface area (Å²) in [4.78, 5) is 14.5. The molecular formula is C21H22Cl2F2N4O2. The van der Waals surface area contributed by atoms with Crippen LogP contribution in [0.1, 0.15) is 43.5 Å². The third kappa shape index (κ3) is 3.34. The molecular weight excluding hydrogens is 449 g/mol. The van der Waals surface area contributed by atoms with E-state index in [0.29, 0.717) is 26.2 Å². The van der Waals surface area contributed by atoms with Crippen LogP contribution in [-0.2, 0) is 10.7 Å². The van der Waals surface area contributed by atoms with Gasteiger partial charge in [-0.1, -0.05) is 43.1 Å². The van der Waals surface area contributed by atoms with E-state index in [1.54, 1.807) is 0 Å². The van der Waals surface area contributed by atoms with E-state index < -0.39 is 11.8 Å². The van der Waals surface area contributed by atoms with E-state index in [1.165, 1.54) is 12.1 Å². The lowest BCUT2D eigenvalue weighted by Crippen LogP contribution is -2.62. The molecule has 3 aliphatic rings. The number of hydrogen-bond donors (Lipinski definition) is 1. The Balaban J connectivity index is 1.33. The zero-order chi connectivity index (χ0) is 22.2. The van der Waals surface area contributed by atoms with Gasteiger partial charge >= 0.3 is 5.92 Å². The summed E-state index contributed by atoms with van der Waals surface area (Å²) in [6.45, 7) is 6.54. The maximum atomic E-state index is 15.0. The fourth-order valence-electron chi connectivity index (χ4n) is 4.78. The fourth-order valence-corrected chi connectivity index (χ4v) is 5.08. The minimum absolute atomic E-state index is 0.0237. The molecule has 1 unspecified atom stereocenters. The van der Waals surface area contributed by atoms with Gasteiger partial charge in [0.15, 0.2) is 0 Å². The largest absolute Gasteiger partial charge is 0.419 e. The van der Waals surface area contributed by atoms with Gasteiger partial charge in [0, 0.05) is 43.1 Å². The molecule has 0 radical (unpaired) electrons. The van der Waals surface area contributed by atoms with Gasteiger partial charge < -0.3 is 14.6 Å². The van der Waals surface area contributed by atoms with Crippen molar-refractivity contribution >= 4 is 29.1 Å². The SMILES string of the molecule is CC1(C)C[C@@H]1C(=O)N1CC2(CNCC2c2nnc(C(F)(F)c3ccc(Cl)c(Cl)c3)o2)C1. The first-order valence-electron chi connectivity index (χ1n) is 10.2. The first-order chi connectivity index (χ1) is 14.5. The zero-order valence-corrected chi connectivity index (χ0v) is 18.6. The maximum absolute atomic E-state index is 15.0. The minimum Gasteiger partial charge on any atom is -0.419 e. The van der Waals surface area contributed by atoms with Crippen LogP contribution in [0.25, 0.3) is 0 Å². The molecule has 10 heteroatoms. The number of rotatable bonds is 4. The number of hydrogen-bond acceptors (Lipinski definition) is 5. The highest BCUT2D eigenvalue weighted by Gasteiger charge is 2.60. The van der Waals surface area contributed by atoms with Crippen LogP contribution in [-0.4, -0.2) is 47.2 Å². The predicted octanol–water partition coefficient (Wildman–Crippen LogP) is 4.08. The van der Waals surface area contributed by atoms with Gasteiger partial charge in [0.1, 0.15) is 0 Å². The van der Waals surface area contributed by atoms with Gasteiger partial charge in [-0.2, -0.15) is 8.78 Å². The molecule has 1 N–H and O–H groups in total. The molecule has 1 aromatic heterocycles. The van der Waals surface area contributed by atoms with Gasteiger partial charge in [-0.25, -0.2) is 0 Å². The molecule has 1 aliphatic carbocycles. The van der Waals surface area contributed by atoms with Gasteiger partial charge in [-0.15, -0.1) is 10.2 Å². The number of carbonyl (C=O) groups excluding carboxylic acids is 1. The van der Waals surface area contributed by atoms with Crippen LogP contribution in [0.3, 0.4) is 0 Å². The lowest BCUT2D eigenvalue weighted by atomic mass is 9.71. The Kier molecular flexibility index (Phi) is 4.67. The number of aromatic nitrogens is 2. The molecule has 1 aromatic carbocycles. The van der Waals surface area contributed by atoms with Crippen molar-refractivity contribution in [1.29, 1.82) is 0 Å². The summed E-state index contributed by atoms with van der Waals surface area (Å²) in [7, 11) is 0. The molecule has 3 heterocycles. The topological polar surface area (TPSA) is 71.3 Å². The number of amides is 1. The lowest BCUT2D eigenvalue weighted by molar-refractivity contribution is -0.145. The Bertz CT molecular complexity index is 1050. The van der Waals surface area contributed by atoms with Crippen LogP contribution in [0, 0.1) is 16.7 Å². The first kappa shape index (κ1) is 21.1. The van der Waals surface area contributed by atoms with E-state index in [0.717, 1.165) is 12.5 Å². The number of nitrogens with one attached hydrogen (secondary N) is 1. The molecule has 1 spiro atoms. The quantitative estimate of drug-likeness (QED) is 0.728. The van der Waals surface area contributed by atoms with Crippen LogP contribution in [0.15, 0.2) is 22.6 Å². The molecule has 2 aromatic rings. The molecule has 2 atom stereocenters. The Hall–Kier alpha value is -1.77. The van der Waals surface area contributed by atoms with Crippen molar-refractivity contribution in [3.8, 4) is 0 Å². The zero-order valence-electron chi connectivity index (χ0n) is 17.1. The molecule has 2 aliphatic heterocycles. The van der Waals surface area contributed by atoms with Gasteiger partial charge in [-0.05, 0) is 24.0 Å². The van der Waals surface area contributed by atoms with E-state index in [-0.39, 0.29) is 50.1 Å². The molecule has 1 amide bonds. The normalized spacial score (nSPS) is 26.2. The van der Waals surface area contributed by atoms with Crippen molar-refractivity contribution in [2.24, 2.45) is 16.7 Å². The summed E-state index contributed by atoms with van der Waals surface area (Å²) >= 11 is 11.7. The van der Waals surface area contributed by atoms with E-state index in [1.807, 2.05) is 4.90 Å². The lowest BCUT2D eigenvalue weighted by Gasteiger charge is -2.50. The van der Waals surface area contributed by atoms with Gasteiger partial charge in [0.05, 0.1) is 16.0 Å². The molecule has 1 saturated carbocycles. The third-order valence-corrected chi connectivity index (χ3v) is 7.73. The molecule has 5 rings (SSSR count). The average Bonchev–Trinajstić information content (AvgIpc) is 3.08. The van der Waals surface area contributed by atoms with Crippen molar-refractivity contribution in [2.75, 3.05) is 26.2 Å². The molecule has 166 valence electrons. The summed E-state index contributed by atoms with van der Waals surface area (Å²) in [6.07, 6.45) is 0.911. The summed E-state index contributed by atoms with van der Waals surface area (Å²) in [5.74, 6) is -4.09. The summed E-state index contributed by atoms with van der Waals surface area (Å²) in [5, 5.41) is 11.1. The van der Waals surface area contributed by atoms with Crippen LogP contribution in [0.5, 0.6) is 0 Å². The highest BCUT2D eigenvalue weighted by atomic mass is 35.5. The first-order valence-corrected chi connectivity index (χ1v) is 11.0. The molecule has 0 bridgehead atoms. The minimum atomic E-state index is -3.50. The number of alkyl halides is 2. The third-order valence-electron chi connectivity index (χ3n) is 6.99. The molecule has 2 saturated heterocycles. The second-order valence-corrected chi connectivity index (χ2v) is 10.4. The fraction of sp³-hybridized carbons (Fsp3) is 0.571. The van der Waals surface area contributed by atoms with Gasteiger partial charge in [0.2, 0.25) is 11.8 Å². The van der Waals surface area contributed by atoms with Crippen LogP contribution >= 0.6 is 23.2 Å². The number of likely N-dealkylation sites (tertiary alicyclic amines) is 1. The highest BCUT2D eigenvalue weighted by Crippen LogP contribution is 2.55. The number of carbonyl (C=O) groups is 1. The highest BCUT2D eigenvalue weighted by molar-refractivity contribution is 6.42. The predicted molar refractivity (Wildman–Crippen MR) is 110 cm³/mol. The second kappa shape index (κ2) is 6.86. The van der Waals surface area contributed by atoms with Crippen LogP contribution in [0.2, 0.25) is 10.0 Å². The van der Waals surface area contributed by atoms with Crippen molar-refractivity contribution in [3.05, 3.63) is 45.6 Å². The van der Waals surface area contributed by atoms with Crippen LogP contribution < -0.4 is 5.32 Å². The second-order valence-electron chi connectivity index (χ2n) is 9.63. The number of nitrogens with zero attached hydrogens (tertiary/aromatic N) is 3. The Labute approximate surface area is 188 Å². The van der Waals surface area contributed by atoms with Crippen molar-refractivity contribution in [2.45, 2.75) is 32.1 Å². The number of halogens is 4. The van der Waals surface area contributed by atoms with Gasteiger partial charge in [0.25, 0.3) is 5.89 Å². The standard InChI is InChI=1S/C21H22Cl2F2N4O2/c1-19(2)6-12(19)17(30)29-9-20(10-29)8-26-7-13(20)16-27-28-18(31-16)21(24,25)11-3-4-14(22)15(23)5-11/h3-5,12-13,26H,6-10H2,1-2H3/t12-,13?/m1/s1. The van der Waals surface area contributed by atoms with Gasteiger partial charge in [-0.3, -0.25) is 4.79 Å². The monoisotopic (exact) mass is 470 g/mol. The van der Waals surface area contributed by atoms with E-state index in [9.17, 15) is 13.6 Å². The molecule has 31 heavy (non-hydrogen) atoms. The van der Waals surface area contributed by atoms with Crippen molar-refractivity contribution in [3.63, 3.8) is 0 Å². The maximum Gasteiger partial charge on any atom is 0.349 e. The molecule has 3 fully saturated rings. The van der Waals surface area contributed by atoms with Crippen LogP contribution in [0.4, 0.5) is 8.78 Å². The Morgan fingerprint density at radius 2 is 1.97 bits per heavy atom. The number of benzene rings is 1. The van der Waals surface area contributed by atoms with E-state index in [4.69, 9.17) is 27.6 Å². The Morgan fingerprint density at radius 1 is 1.26 bits per heavy atom. The van der Waals surface area contributed by atoms with Crippen molar-refractivity contribution < 1.29 is 18.0 Å². The Morgan fingerprint density at radius 3 is 2.61 bits per heavy atom. The summed E-state index contributed by atoms with van der Waals surface area (Å²) < 4.78 is 35.4. The van der Waals surface area contributed by atoms with E-state index >= 15 is 0 Å². The molecule has 6 nitrogen and oxygen atoms in total. The van der Waals surface area contributed by atoms with Crippen molar-refractivity contribution in [1.82, 2.24) is 20.4 Å². The van der Waals surface area contributed by atoms with E-state index in [2.05, 4.69) is 29.4 Å².